The van der Waals surface area contributed by atoms with Crippen LogP contribution in [-0.2, 0) is 20.5 Å². The molecule has 1 aromatic rings. The summed E-state index contributed by atoms with van der Waals surface area (Å²) in [5.74, 6) is -0.281. The van der Waals surface area contributed by atoms with Crippen LogP contribution in [0.15, 0.2) is 24.3 Å². The van der Waals surface area contributed by atoms with Gasteiger partial charge in [0.2, 0.25) is 0 Å². The highest BCUT2D eigenvalue weighted by atomic mass is 16.7. The monoisotopic (exact) mass is 335 g/mol. The van der Waals surface area contributed by atoms with Gasteiger partial charge < -0.3 is 24.9 Å². The number of carbonyl (C=O) groups is 1. The molecule has 132 valence electrons. The average Bonchev–Trinajstić information content (AvgIpc) is 2.68. The maximum absolute atomic E-state index is 10.8. The van der Waals surface area contributed by atoms with Gasteiger partial charge in [-0.25, -0.2) is 0 Å². The van der Waals surface area contributed by atoms with E-state index in [-0.39, 0.29) is 18.3 Å². The Labute approximate surface area is 143 Å². The second kappa shape index (κ2) is 7.13. The number of nitrogens with two attached hydrogens (primary N) is 1. The maximum atomic E-state index is 10.8. The van der Waals surface area contributed by atoms with Crippen LogP contribution in [0.25, 0.3) is 0 Å². The molecule has 1 heterocycles. The van der Waals surface area contributed by atoms with Crippen molar-refractivity contribution in [3.05, 3.63) is 29.8 Å². The predicted octanol–water partition coefficient (Wildman–Crippen LogP) is 2.11. The Balaban J connectivity index is 1.78. The number of aliphatic carboxylic acids is 1. The lowest BCUT2D eigenvalue weighted by Crippen LogP contribution is -2.41. The molecule has 3 N–H and O–H groups in total. The Bertz CT molecular complexity index is 557. The topological polar surface area (TPSA) is 91.0 Å². The Morgan fingerprint density at radius 1 is 1.21 bits per heavy atom. The number of ether oxygens (including phenoxy) is 1. The van der Waals surface area contributed by atoms with E-state index < -0.39 is 12.0 Å². The highest BCUT2D eigenvalue weighted by Gasteiger charge is 2.50. The number of rotatable bonds is 7. The van der Waals surface area contributed by atoms with E-state index in [1.54, 1.807) is 0 Å². The van der Waals surface area contributed by atoms with Gasteiger partial charge in [0.15, 0.2) is 0 Å². The van der Waals surface area contributed by atoms with Gasteiger partial charge in [0.05, 0.1) is 17.8 Å². The minimum Gasteiger partial charge on any atom is -0.494 e. The summed E-state index contributed by atoms with van der Waals surface area (Å²) in [7, 11) is -0.275. The first-order valence-electron chi connectivity index (χ1n) is 8.16. The first kappa shape index (κ1) is 18.8. The van der Waals surface area contributed by atoms with Crippen LogP contribution in [0.2, 0.25) is 6.32 Å². The molecule has 1 unspecified atom stereocenters. The van der Waals surface area contributed by atoms with E-state index in [4.69, 9.17) is 24.9 Å². The fourth-order valence-corrected chi connectivity index (χ4v) is 2.42. The van der Waals surface area contributed by atoms with Crippen molar-refractivity contribution in [2.45, 2.75) is 57.7 Å². The summed E-state index contributed by atoms with van der Waals surface area (Å²) in [5, 5.41) is 8.82. The van der Waals surface area contributed by atoms with E-state index in [9.17, 15) is 4.79 Å². The van der Waals surface area contributed by atoms with Crippen LogP contribution in [0.4, 0.5) is 0 Å². The molecule has 1 atom stereocenters. The summed E-state index contributed by atoms with van der Waals surface area (Å²) >= 11 is 0. The molecule has 0 aromatic heterocycles. The number of carboxylic acids is 1. The van der Waals surface area contributed by atoms with Crippen LogP contribution in [0.3, 0.4) is 0 Å². The van der Waals surface area contributed by atoms with Crippen LogP contribution in [-0.4, -0.2) is 42.0 Å². The molecule has 2 rings (SSSR count). The zero-order chi connectivity index (χ0) is 18.0. The van der Waals surface area contributed by atoms with Crippen LogP contribution < -0.4 is 10.5 Å². The lowest BCUT2D eigenvalue weighted by Gasteiger charge is -2.32. The van der Waals surface area contributed by atoms with Crippen molar-refractivity contribution in [2.75, 3.05) is 6.61 Å². The molecule has 0 radical (unpaired) electrons. The van der Waals surface area contributed by atoms with Crippen LogP contribution in [0.1, 0.15) is 33.3 Å². The van der Waals surface area contributed by atoms with Crippen LogP contribution in [0.5, 0.6) is 5.75 Å². The van der Waals surface area contributed by atoms with Crippen molar-refractivity contribution in [3.8, 4) is 5.75 Å². The molecule has 0 amide bonds. The lowest BCUT2D eigenvalue weighted by atomic mass is 9.86. The molecule has 1 saturated heterocycles. The van der Waals surface area contributed by atoms with E-state index in [1.807, 2.05) is 52.0 Å². The second-order valence-electron chi connectivity index (χ2n) is 7.12. The summed E-state index contributed by atoms with van der Waals surface area (Å²) in [4.78, 5) is 10.8. The third kappa shape index (κ3) is 4.50. The zero-order valence-electron chi connectivity index (χ0n) is 14.7. The summed E-state index contributed by atoms with van der Waals surface area (Å²) in [6.45, 7) is 8.57. The van der Waals surface area contributed by atoms with Gasteiger partial charge in [0.1, 0.15) is 11.8 Å². The molecule has 0 saturated carbocycles. The summed E-state index contributed by atoms with van der Waals surface area (Å²) in [5.41, 5.74) is 5.72. The molecule has 0 bridgehead atoms. The minimum atomic E-state index is -1.00. The first-order valence-corrected chi connectivity index (χ1v) is 8.16. The fourth-order valence-electron chi connectivity index (χ4n) is 2.42. The Morgan fingerprint density at radius 2 is 1.75 bits per heavy atom. The summed E-state index contributed by atoms with van der Waals surface area (Å²) in [6, 6.07) is 6.39. The van der Waals surface area contributed by atoms with Crippen molar-refractivity contribution < 1.29 is 23.9 Å². The van der Waals surface area contributed by atoms with Crippen LogP contribution >= 0.6 is 0 Å². The standard InChI is InChI=1S/C17H26BNO5/c1-16(2)17(3,4)24-18(23-16)9-10-22-13-7-5-12(6-8-13)11-14(19)15(20)21/h5-8,14H,9-11,19H2,1-4H3,(H,20,21). The van der Waals surface area contributed by atoms with Crippen molar-refractivity contribution in [1.82, 2.24) is 0 Å². The Kier molecular flexibility index (Phi) is 5.57. The minimum absolute atomic E-state index is 0.275. The third-order valence-corrected chi connectivity index (χ3v) is 4.62. The quantitative estimate of drug-likeness (QED) is 0.742. The van der Waals surface area contributed by atoms with Gasteiger partial charge in [-0.1, -0.05) is 12.1 Å². The molecule has 0 aliphatic carbocycles. The second-order valence-corrected chi connectivity index (χ2v) is 7.12. The fraction of sp³-hybridized carbons (Fsp3) is 0.588. The van der Waals surface area contributed by atoms with E-state index in [1.165, 1.54) is 0 Å². The molecule has 7 heteroatoms. The largest absolute Gasteiger partial charge is 0.494 e. The summed E-state index contributed by atoms with van der Waals surface area (Å²) in [6.07, 6.45) is 0.933. The van der Waals surface area contributed by atoms with E-state index in [0.29, 0.717) is 19.3 Å². The highest BCUT2D eigenvalue weighted by molar-refractivity contribution is 6.45. The van der Waals surface area contributed by atoms with Gasteiger partial charge >= 0.3 is 13.1 Å². The molecule has 1 aliphatic rings. The van der Waals surface area contributed by atoms with Crippen molar-refractivity contribution >= 4 is 13.1 Å². The van der Waals surface area contributed by atoms with E-state index >= 15 is 0 Å². The van der Waals surface area contributed by atoms with E-state index in [2.05, 4.69) is 0 Å². The summed E-state index contributed by atoms with van der Waals surface area (Å²) < 4.78 is 17.5. The van der Waals surface area contributed by atoms with Gasteiger partial charge in [0, 0.05) is 6.32 Å². The SMILES string of the molecule is CC1(C)OB(CCOc2ccc(CC(N)C(=O)O)cc2)OC1(C)C. The first-order chi connectivity index (χ1) is 11.1. The molecule has 1 fully saturated rings. The van der Waals surface area contributed by atoms with Crippen LogP contribution in [0, 0.1) is 0 Å². The molecular weight excluding hydrogens is 309 g/mol. The molecule has 6 nitrogen and oxygen atoms in total. The molecule has 0 spiro atoms. The Hall–Kier alpha value is -1.57. The normalized spacial score (nSPS) is 20.0. The number of carboxylic acid groups (broad SMARTS) is 1. The van der Waals surface area contributed by atoms with Gasteiger partial charge in [-0.05, 0) is 51.8 Å². The van der Waals surface area contributed by atoms with Gasteiger partial charge in [0.25, 0.3) is 0 Å². The number of benzene rings is 1. The van der Waals surface area contributed by atoms with Crippen molar-refractivity contribution in [3.63, 3.8) is 0 Å². The molecular formula is C17H26BNO5. The van der Waals surface area contributed by atoms with Gasteiger partial charge in [-0.15, -0.1) is 0 Å². The Morgan fingerprint density at radius 3 is 2.25 bits per heavy atom. The van der Waals surface area contributed by atoms with Crippen molar-refractivity contribution in [2.24, 2.45) is 5.73 Å². The highest BCUT2D eigenvalue weighted by Crippen LogP contribution is 2.37. The van der Waals surface area contributed by atoms with E-state index in [0.717, 1.165) is 11.3 Å². The molecule has 1 aliphatic heterocycles. The predicted molar refractivity (Wildman–Crippen MR) is 92.1 cm³/mol. The lowest BCUT2D eigenvalue weighted by molar-refractivity contribution is -0.138. The number of hydrogen-bond acceptors (Lipinski definition) is 5. The van der Waals surface area contributed by atoms with Gasteiger partial charge in [-0.2, -0.15) is 0 Å². The smallest absolute Gasteiger partial charge is 0.461 e. The van der Waals surface area contributed by atoms with Crippen molar-refractivity contribution in [1.29, 1.82) is 0 Å². The van der Waals surface area contributed by atoms with Gasteiger partial charge in [-0.3, -0.25) is 4.79 Å². The average molecular weight is 335 g/mol. The zero-order valence-corrected chi connectivity index (χ0v) is 14.7. The molecule has 1 aromatic carbocycles. The third-order valence-electron chi connectivity index (χ3n) is 4.62. The molecule has 24 heavy (non-hydrogen) atoms. The number of hydrogen-bond donors (Lipinski definition) is 2. The maximum Gasteiger partial charge on any atom is 0.461 e.